The number of methoxy groups -OCH3 is 1. The highest BCUT2D eigenvalue weighted by Gasteiger charge is 2.23. The summed E-state index contributed by atoms with van der Waals surface area (Å²) in [5.74, 6) is 1.27. The van der Waals surface area contributed by atoms with E-state index in [1.54, 1.807) is 19.2 Å². The van der Waals surface area contributed by atoms with Crippen LogP contribution in [-0.2, 0) is 16.1 Å². The highest BCUT2D eigenvalue weighted by molar-refractivity contribution is 6.04. The molecule has 1 N–H and O–H groups in total. The van der Waals surface area contributed by atoms with E-state index in [2.05, 4.69) is 43.0 Å². The van der Waals surface area contributed by atoms with Gasteiger partial charge in [0.05, 0.1) is 25.5 Å². The summed E-state index contributed by atoms with van der Waals surface area (Å²) in [5.41, 5.74) is 3.24. The molecule has 0 radical (unpaired) electrons. The van der Waals surface area contributed by atoms with Crippen LogP contribution in [0, 0.1) is 0 Å². The van der Waals surface area contributed by atoms with Crippen molar-refractivity contribution in [2.24, 2.45) is 5.10 Å². The van der Waals surface area contributed by atoms with E-state index in [0.29, 0.717) is 61.8 Å². The largest absolute Gasteiger partial charge is 0.493 e. The minimum absolute atomic E-state index is 0.0000437. The summed E-state index contributed by atoms with van der Waals surface area (Å²) in [5, 5.41) is 8.92. The third kappa shape index (κ3) is 8.71. The molecule has 0 bridgehead atoms. The Balaban J connectivity index is 1.60. The van der Waals surface area contributed by atoms with Gasteiger partial charge in [-0.3, -0.25) is 15.0 Å². The molecule has 2 aromatic rings. The first-order valence-electron chi connectivity index (χ1n) is 13.6. The second kappa shape index (κ2) is 14.0. The number of hydrogen-bond acceptors (Lipinski definition) is 7. The molecule has 3 rings (SSSR count). The fourth-order valence-corrected chi connectivity index (χ4v) is 4.51. The van der Waals surface area contributed by atoms with Gasteiger partial charge in [0, 0.05) is 42.7 Å². The Hall–Kier alpha value is -3.59. The Bertz CT molecular complexity index is 1140. The normalized spacial score (nSPS) is 13.8. The predicted octanol–water partition coefficient (Wildman–Crippen LogP) is 5.68. The summed E-state index contributed by atoms with van der Waals surface area (Å²) in [4.78, 5) is 27.1. The fraction of sp³-hybridized carbons (Fsp3) is 0.500. The Morgan fingerprint density at radius 3 is 2.31 bits per heavy atom. The zero-order valence-corrected chi connectivity index (χ0v) is 24.2. The van der Waals surface area contributed by atoms with E-state index in [4.69, 9.17) is 14.2 Å². The lowest BCUT2D eigenvalue weighted by Crippen LogP contribution is -2.39. The molecule has 0 saturated carbocycles. The molecule has 0 unspecified atom stereocenters. The quantitative estimate of drug-likeness (QED) is 0.374. The van der Waals surface area contributed by atoms with Crippen LogP contribution in [-0.4, -0.2) is 66.1 Å². The average Bonchev–Trinajstić information content (AvgIpc) is 2.88. The van der Waals surface area contributed by atoms with Gasteiger partial charge in [0.15, 0.2) is 11.5 Å². The molecule has 0 saturated heterocycles. The summed E-state index contributed by atoms with van der Waals surface area (Å²) < 4.78 is 16.7. The number of nitrogens with one attached hydrogen (secondary N) is 1. The zero-order chi connectivity index (χ0) is 28.5. The molecule has 0 spiro atoms. The number of nitrogens with zero attached hydrogens (tertiary/aromatic N) is 3. The van der Waals surface area contributed by atoms with E-state index >= 15 is 0 Å². The van der Waals surface area contributed by atoms with E-state index in [1.165, 1.54) is 5.01 Å². The van der Waals surface area contributed by atoms with Crippen molar-refractivity contribution in [1.29, 1.82) is 0 Å². The van der Waals surface area contributed by atoms with Crippen molar-refractivity contribution >= 4 is 23.4 Å². The highest BCUT2D eigenvalue weighted by Crippen LogP contribution is 2.30. The number of carbonyl (C=O) groups excluding carboxylic acids is 2. The lowest BCUT2D eigenvalue weighted by atomic mass is 10.0. The molecule has 2 aromatic carbocycles. The molecule has 0 aromatic heterocycles. The van der Waals surface area contributed by atoms with Crippen molar-refractivity contribution in [2.45, 2.75) is 79.1 Å². The van der Waals surface area contributed by atoms with Crippen LogP contribution in [0.3, 0.4) is 0 Å². The van der Waals surface area contributed by atoms with Gasteiger partial charge in [0.1, 0.15) is 6.61 Å². The van der Waals surface area contributed by atoms with Crippen molar-refractivity contribution in [3.63, 3.8) is 0 Å². The summed E-state index contributed by atoms with van der Waals surface area (Å²) in [6.45, 7) is 13.8. The molecule has 1 aliphatic heterocycles. The van der Waals surface area contributed by atoms with Crippen LogP contribution in [0.2, 0.25) is 0 Å². The van der Waals surface area contributed by atoms with Crippen LogP contribution in [0.15, 0.2) is 47.6 Å². The number of hydrogen-bond donors (Lipinski definition) is 1. The second-order valence-corrected chi connectivity index (χ2v) is 10.4. The van der Waals surface area contributed by atoms with Crippen molar-refractivity contribution in [3.05, 3.63) is 53.6 Å². The smallest absolute Gasteiger partial charge is 0.411 e. The summed E-state index contributed by atoms with van der Waals surface area (Å²) in [6.07, 6.45) is 0.442. The Morgan fingerprint density at radius 1 is 1.00 bits per heavy atom. The SMILES string of the molecule is COc1ccc(C2=NN(Cc3ccc(NC(=O)OCCN(C(C)C)C(C)C)cc3)C(=O)CC2)cc1OC(C)C. The molecule has 212 valence electrons. The highest BCUT2D eigenvalue weighted by atomic mass is 16.5. The maximum absolute atomic E-state index is 12.6. The number of benzene rings is 2. The van der Waals surface area contributed by atoms with Crippen LogP contribution in [0.25, 0.3) is 0 Å². The number of rotatable bonds is 12. The van der Waals surface area contributed by atoms with Gasteiger partial charge in [0.2, 0.25) is 5.91 Å². The maximum Gasteiger partial charge on any atom is 0.411 e. The zero-order valence-electron chi connectivity index (χ0n) is 24.2. The van der Waals surface area contributed by atoms with Gasteiger partial charge >= 0.3 is 6.09 Å². The van der Waals surface area contributed by atoms with Crippen molar-refractivity contribution < 1.29 is 23.8 Å². The number of carbonyl (C=O) groups is 2. The molecule has 2 amide bonds. The van der Waals surface area contributed by atoms with E-state index in [-0.39, 0.29) is 12.0 Å². The minimum Gasteiger partial charge on any atom is -0.493 e. The van der Waals surface area contributed by atoms with Crippen LogP contribution >= 0.6 is 0 Å². The Kier molecular flexibility index (Phi) is 10.7. The third-order valence-electron chi connectivity index (χ3n) is 6.41. The van der Waals surface area contributed by atoms with Crippen LogP contribution in [0.1, 0.15) is 65.5 Å². The third-order valence-corrected chi connectivity index (χ3v) is 6.41. The summed E-state index contributed by atoms with van der Waals surface area (Å²) >= 11 is 0. The number of hydrazone groups is 1. The van der Waals surface area contributed by atoms with E-state index < -0.39 is 6.09 Å². The molecule has 1 heterocycles. The molecular weight excluding hydrogens is 496 g/mol. The molecule has 0 fully saturated rings. The van der Waals surface area contributed by atoms with Gasteiger partial charge in [-0.05, 0) is 77.4 Å². The number of ether oxygens (including phenoxy) is 3. The first-order valence-corrected chi connectivity index (χ1v) is 13.6. The van der Waals surface area contributed by atoms with Gasteiger partial charge in [-0.2, -0.15) is 5.10 Å². The fourth-order valence-electron chi connectivity index (χ4n) is 4.51. The average molecular weight is 539 g/mol. The molecule has 9 nitrogen and oxygen atoms in total. The topological polar surface area (TPSA) is 92.7 Å². The number of amides is 2. The van der Waals surface area contributed by atoms with Crippen LogP contribution < -0.4 is 14.8 Å². The molecular formula is C30H42N4O5. The molecule has 39 heavy (non-hydrogen) atoms. The van der Waals surface area contributed by atoms with Crippen molar-refractivity contribution in [1.82, 2.24) is 9.91 Å². The lowest BCUT2D eigenvalue weighted by molar-refractivity contribution is -0.132. The maximum atomic E-state index is 12.6. The monoisotopic (exact) mass is 538 g/mol. The van der Waals surface area contributed by atoms with Gasteiger partial charge in [-0.15, -0.1) is 0 Å². The van der Waals surface area contributed by atoms with Crippen molar-refractivity contribution in [2.75, 3.05) is 25.6 Å². The van der Waals surface area contributed by atoms with E-state index in [1.807, 2.05) is 44.2 Å². The van der Waals surface area contributed by atoms with E-state index in [9.17, 15) is 9.59 Å². The van der Waals surface area contributed by atoms with Gasteiger partial charge in [-0.25, -0.2) is 9.80 Å². The summed E-state index contributed by atoms with van der Waals surface area (Å²) in [6, 6.07) is 13.8. The van der Waals surface area contributed by atoms with Crippen LogP contribution in [0.5, 0.6) is 11.5 Å². The molecule has 0 aliphatic carbocycles. The Morgan fingerprint density at radius 2 is 1.69 bits per heavy atom. The van der Waals surface area contributed by atoms with Gasteiger partial charge < -0.3 is 14.2 Å². The van der Waals surface area contributed by atoms with Gasteiger partial charge in [0.25, 0.3) is 0 Å². The summed E-state index contributed by atoms with van der Waals surface area (Å²) in [7, 11) is 1.61. The van der Waals surface area contributed by atoms with Crippen LogP contribution in [0.4, 0.5) is 10.5 Å². The Labute approximate surface area is 232 Å². The number of anilines is 1. The predicted molar refractivity (Wildman–Crippen MR) is 153 cm³/mol. The molecule has 9 heteroatoms. The van der Waals surface area contributed by atoms with Gasteiger partial charge in [-0.1, -0.05) is 12.1 Å². The minimum atomic E-state index is -0.490. The van der Waals surface area contributed by atoms with Crippen molar-refractivity contribution in [3.8, 4) is 11.5 Å². The van der Waals surface area contributed by atoms with E-state index in [0.717, 1.165) is 16.8 Å². The first kappa shape index (κ1) is 30.0. The second-order valence-electron chi connectivity index (χ2n) is 10.4. The lowest BCUT2D eigenvalue weighted by Gasteiger charge is -2.30. The standard InChI is InChI=1S/C30H42N4O5/c1-20(2)33(21(3)4)16-17-38-30(36)31-25-11-8-23(9-12-25)19-34-29(35)15-13-26(32-34)24-10-14-27(37-7)28(18-24)39-22(5)6/h8-12,14,18,20-22H,13,15-17,19H2,1-7H3,(H,31,36). The first-order chi connectivity index (χ1) is 18.6. The molecule has 1 aliphatic rings. The molecule has 0 atom stereocenters.